The average molecular weight is 280 g/mol. The van der Waals surface area contributed by atoms with Crippen molar-refractivity contribution in [2.75, 3.05) is 33.3 Å². The van der Waals surface area contributed by atoms with E-state index in [9.17, 15) is 9.59 Å². The van der Waals surface area contributed by atoms with Crippen LogP contribution in [0.2, 0.25) is 0 Å². The predicted molar refractivity (Wildman–Crippen MR) is 74.0 cm³/mol. The smallest absolute Gasteiger partial charge is 0.225 e. The van der Waals surface area contributed by atoms with Crippen molar-refractivity contribution in [1.82, 2.24) is 9.80 Å². The van der Waals surface area contributed by atoms with Gasteiger partial charge in [0, 0.05) is 39.0 Å². The van der Waals surface area contributed by atoms with Crippen molar-refractivity contribution < 1.29 is 14.3 Å². The lowest BCUT2D eigenvalue weighted by Crippen LogP contribution is -2.37. The Labute approximate surface area is 120 Å². The number of ether oxygens (including phenoxy) is 1. The summed E-state index contributed by atoms with van der Waals surface area (Å²) in [5, 5.41) is 0. The number of piperidine rings is 1. The predicted octanol–water partition coefficient (Wildman–Crippen LogP) is 0.882. The summed E-state index contributed by atoms with van der Waals surface area (Å²) in [6.45, 7) is 3.09. The summed E-state index contributed by atoms with van der Waals surface area (Å²) in [6, 6.07) is 0. The first-order valence-corrected chi connectivity index (χ1v) is 7.78. The Bertz CT molecular complexity index is 395. The molecule has 0 aromatic rings. The number of carbonyl (C=O) groups is 2. The van der Waals surface area contributed by atoms with Gasteiger partial charge in [-0.1, -0.05) is 0 Å². The van der Waals surface area contributed by atoms with Crippen LogP contribution >= 0.6 is 0 Å². The molecule has 0 N–H and O–H groups in total. The standard InChI is InChI=1S/C15H24N2O3/c1-16-6-4-11(8-14(16)18)10-20-13-5-7-17(9-13)15(19)12-2-3-12/h11-13H,2-10H2,1H3. The van der Waals surface area contributed by atoms with Crippen LogP contribution in [0.3, 0.4) is 0 Å². The van der Waals surface area contributed by atoms with E-state index >= 15 is 0 Å². The summed E-state index contributed by atoms with van der Waals surface area (Å²) < 4.78 is 5.94. The Hall–Kier alpha value is -1.10. The maximum absolute atomic E-state index is 12.0. The van der Waals surface area contributed by atoms with Crippen molar-refractivity contribution in [3.05, 3.63) is 0 Å². The normalized spacial score (nSPS) is 30.9. The van der Waals surface area contributed by atoms with E-state index in [2.05, 4.69) is 0 Å². The first kappa shape index (κ1) is 13.9. The molecule has 1 saturated carbocycles. The first-order valence-electron chi connectivity index (χ1n) is 7.78. The van der Waals surface area contributed by atoms with Crippen molar-refractivity contribution in [2.45, 2.75) is 38.2 Å². The van der Waals surface area contributed by atoms with Gasteiger partial charge in [0.25, 0.3) is 0 Å². The molecule has 5 nitrogen and oxygen atoms in total. The lowest BCUT2D eigenvalue weighted by Gasteiger charge is -2.29. The van der Waals surface area contributed by atoms with Crippen LogP contribution in [0.5, 0.6) is 0 Å². The van der Waals surface area contributed by atoms with Crippen molar-refractivity contribution in [3.8, 4) is 0 Å². The molecule has 3 rings (SSSR count). The third kappa shape index (κ3) is 3.14. The Morgan fingerprint density at radius 1 is 1.25 bits per heavy atom. The van der Waals surface area contributed by atoms with Crippen LogP contribution in [-0.2, 0) is 14.3 Å². The molecule has 0 aromatic carbocycles. The van der Waals surface area contributed by atoms with E-state index in [0.29, 0.717) is 30.8 Å². The molecule has 2 heterocycles. The van der Waals surface area contributed by atoms with E-state index in [-0.39, 0.29) is 12.0 Å². The number of likely N-dealkylation sites (tertiary alicyclic amines) is 2. The van der Waals surface area contributed by atoms with E-state index in [1.165, 1.54) is 0 Å². The van der Waals surface area contributed by atoms with Gasteiger partial charge in [-0.05, 0) is 31.6 Å². The molecular weight excluding hydrogens is 256 g/mol. The molecular formula is C15H24N2O3. The summed E-state index contributed by atoms with van der Waals surface area (Å²) in [6.07, 6.45) is 4.89. The van der Waals surface area contributed by atoms with Crippen LogP contribution in [0.1, 0.15) is 32.1 Å². The Balaban J connectivity index is 1.39. The van der Waals surface area contributed by atoms with Crippen molar-refractivity contribution in [2.24, 2.45) is 11.8 Å². The molecule has 5 heteroatoms. The third-order valence-electron chi connectivity index (χ3n) is 4.71. The monoisotopic (exact) mass is 280 g/mol. The molecule has 2 unspecified atom stereocenters. The molecule has 1 aliphatic carbocycles. The number of hydrogen-bond acceptors (Lipinski definition) is 3. The third-order valence-corrected chi connectivity index (χ3v) is 4.71. The molecule has 3 aliphatic rings. The van der Waals surface area contributed by atoms with E-state index in [0.717, 1.165) is 45.3 Å². The van der Waals surface area contributed by atoms with Crippen LogP contribution in [0, 0.1) is 11.8 Å². The van der Waals surface area contributed by atoms with Gasteiger partial charge in [0.15, 0.2) is 0 Å². The first-order chi connectivity index (χ1) is 9.63. The summed E-state index contributed by atoms with van der Waals surface area (Å²) in [5.74, 6) is 1.21. The lowest BCUT2D eigenvalue weighted by atomic mass is 9.97. The fraction of sp³-hybridized carbons (Fsp3) is 0.867. The highest BCUT2D eigenvalue weighted by Gasteiger charge is 2.37. The quantitative estimate of drug-likeness (QED) is 0.768. The number of hydrogen-bond donors (Lipinski definition) is 0. The second-order valence-corrected chi connectivity index (χ2v) is 6.48. The summed E-state index contributed by atoms with van der Waals surface area (Å²) >= 11 is 0. The van der Waals surface area contributed by atoms with E-state index in [4.69, 9.17) is 4.74 Å². The number of nitrogens with zero attached hydrogens (tertiary/aromatic N) is 2. The highest BCUT2D eigenvalue weighted by molar-refractivity contribution is 5.81. The molecule has 3 fully saturated rings. The van der Waals surface area contributed by atoms with Gasteiger partial charge in [-0.15, -0.1) is 0 Å². The molecule has 0 bridgehead atoms. The van der Waals surface area contributed by atoms with Crippen LogP contribution in [0.4, 0.5) is 0 Å². The lowest BCUT2D eigenvalue weighted by molar-refractivity contribution is -0.134. The molecule has 0 radical (unpaired) electrons. The second kappa shape index (κ2) is 5.72. The van der Waals surface area contributed by atoms with Crippen LogP contribution < -0.4 is 0 Å². The average Bonchev–Trinajstić information content (AvgIpc) is 3.18. The van der Waals surface area contributed by atoms with Crippen molar-refractivity contribution >= 4 is 11.8 Å². The minimum absolute atomic E-state index is 0.174. The topological polar surface area (TPSA) is 49.9 Å². The summed E-state index contributed by atoms with van der Waals surface area (Å²) in [5.41, 5.74) is 0. The highest BCUT2D eigenvalue weighted by atomic mass is 16.5. The SMILES string of the molecule is CN1CCC(COC2CCN(C(=O)C3CC3)C2)CC1=O. The summed E-state index contributed by atoms with van der Waals surface area (Å²) in [4.78, 5) is 27.4. The maximum atomic E-state index is 12.0. The molecule has 2 saturated heterocycles. The largest absolute Gasteiger partial charge is 0.376 e. The van der Waals surface area contributed by atoms with E-state index in [1.54, 1.807) is 4.90 Å². The molecule has 2 atom stereocenters. The molecule has 0 spiro atoms. The molecule has 20 heavy (non-hydrogen) atoms. The van der Waals surface area contributed by atoms with Crippen LogP contribution in [-0.4, -0.2) is 61.0 Å². The number of amides is 2. The minimum atomic E-state index is 0.174. The van der Waals surface area contributed by atoms with Gasteiger partial charge in [0.05, 0.1) is 12.7 Å². The fourth-order valence-electron chi connectivity index (χ4n) is 3.07. The molecule has 2 amide bonds. The highest BCUT2D eigenvalue weighted by Crippen LogP contribution is 2.32. The van der Waals surface area contributed by atoms with Crippen molar-refractivity contribution in [1.29, 1.82) is 0 Å². The number of carbonyl (C=O) groups excluding carboxylic acids is 2. The minimum Gasteiger partial charge on any atom is -0.376 e. The zero-order chi connectivity index (χ0) is 14.1. The van der Waals surface area contributed by atoms with Gasteiger partial charge >= 0.3 is 0 Å². The fourth-order valence-corrected chi connectivity index (χ4v) is 3.07. The van der Waals surface area contributed by atoms with Gasteiger partial charge in [-0.3, -0.25) is 9.59 Å². The van der Waals surface area contributed by atoms with Crippen LogP contribution in [0.15, 0.2) is 0 Å². The van der Waals surface area contributed by atoms with Crippen molar-refractivity contribution in [3.63, 3.8) is 0 Å². The zero-order valence-corrected chi connectivity index (χ0v) is 12.2. The van der Waals surface area contributed by atoms with Gasteiger partial charge in [-0.25, -0.2) is 0 Å². The maximum Gasteiger partial charge on any atom is 0.225 e. The Morgan fingerprint density at radius 3 is 2.75 bits per heavy atom. The van der Waals surface area contributed by atoms with Gasteiger partial charge in [0.1, 0.15) is 0 Å². The Kier molecular flexibility index (Phi) is 3.96. The molecule has 2 aliphatic heterocycles. The number of rotatable bonds is 4. The van der Waals surface area contributed by atoms with Gasteiger partial charge in [0.2, 0.25) is 11.8 Å². The second-order valence-electron chi connectivity index (χ2n) is 6.48. The zero-order valence-electron chi connectivity index (χ0n) is 12.2. The van der Waals surface area contributed by atoms with E-state index < -0.39 is 0 Å². The molecule has 112 valence electrons. The van der Waals surface area contributed by atoms with Crippen LogP contribution in [0.25, 0.3) is 0 Å². The summed E-state index contributed by atoms with van der Waals surface area (Å²) in [7, 11) is 1.86. The van der Waals surface area contributed by atoms with E-state index in [1.807, 2.05) is 11.9 Å². The van der Waals surface area contributed by atoms with Gasteiger partial charge in [-0.2, -0.15) is 0 Å². The Morgan fingerprint density at radius 2 is 2.05 bits per heavy atom. The van der Waals surface area contributed by atoms with Gasteiger partial charge < -0.3 is 14.5 Å². The molecule has 0 aromatic heterocycles.